The van der Waals surface area contributed by atoms with Gasteiger partial charge >= 0.3 is 143 Å². The number of hydrogen-bond acceptors (Lipinski definition) is 3. The second-order valence-corrected chi connectivity index (χ2v) is 15.8. The molecular formula is C15H16Cl3O3P. The number of phenols is 2. The van der Waals surface area contributed by atoms with E-state index >= 15 is 0 Å². The maximum atomic E-state index is 10.2. The summed E-state index contributed by atoms with van der Waals surface area (Å²) in [6.07, 6.45) is -0.0845. The molecule has 0 aliphatic carbocycles. The van der Waals surface area contributed by atoms with Crippen molar-refractivity contribution in [1.29, 1.82) is 0 Å². The first-order chi connectivity index (χ1) is 9.96. The van der Waals surface area contributed by atoms with E-state index in [9.17, 15) is 15.1 Å². The molecule has 3 nitrogen and oxygen atoms in total. The fourth-order valence-electron chi connectivity index (χ4n) is 2.51. The Labute approximate surface area is 143 Å². The predicted octanol–water partition coefficient (Wildman–Crippen LogP) is 5.33. The van der Waals surface area contributed by atoms with Crippen LogP contribution in [0.3, 0.4) is 0 Å². The topological polar surface area (TPSA) is 60.7 Å². The molecule has 0 aliphatic rings. The zero-order valence-electron chi connectivity index (χ0n) is 11.7. The third-order valence-corrected chi connectivity index (χ3v) is 5.78. The molecule has 2 aromatic rings. The second-order valence-electron chi connectivity index (χ2n) is 5.50. The van der Waals surface area contributed by atoms with Gasteiger partial charge in [0.2, 0.25) is 0 Å². The quantitative estimate of drug-likeness (QED) is 0.628. The van der Waals surface area contributed by atoms with Gasteiger partial charge in [0, 0.05) is 0 Å². The molecule has 120 valence electrons. The van der Waals surface area contributed by atoms with Crippen LogP contribution in [-0.4, -0.2) is 21.3 Å². The van der Waals surface area contributed by atoms with Crippen molar-refractivity contribution < 1.29 is 15.1 Å². The summed E-state index contributed by atoms with van der Waals surface area (Å²) in [5.41, 5.74) is 0.765. The molecular weight excluding hydrogens is 365 g/mol. The molecule has 0 atom stereocenters. The molecule has 0 saturated heterocycles. The first kappa shape index (κ1) is 17.7. The maximum absolute atomic E-state index is 10.2. The molecule has 0 spiro atoms. The van der Waals surface area contributed by atoms with E-state index in [2.05, 4.69) is 0 Å². The van der Waals surface area contributed by atoms with Gasteiger partial charge in [-0.1, -0.05) is 0 Å². The number of phenolic OH excluding ortho intramolecular Hbond substituents is 2. The van der Waals surface area contributed by atoms with Crippen molar-refractivity contribution in [3.63, 3.8) is 0 Å². The van der Waals surface area contributed by atoms with Crippen LogP contribution < -0.4 is 0 Å². The Morgan fingerprint density at radius 3 is 1.41 bits per heavy atom. The van der Waals surface area contributed by atoms with Gasteiger partial charge in [-0.25, -0.2) is 0 Å². The second kappa shape index (κ2) is 5.74. The summed E-state index contributed by atoms with van der Waals surface area (Å²) in [6, 6.07) is 13.0. The number of benzene rings is 2. The summed E-state index contributed by atoms with van der Waals surface area (Å²) in [7, 11) is 0. The fraction of sp³-hybridized carbons (Fsp3) is 0.200. The minimum absolute atomic E-state index is 0.0845. The van der Waals surface area contributed by atoms with Gasteiger partial charge in [0.25, 0.3) is 0 Å². The van der Waals surface area contributed by atoms with Crippen LogP contribution in [0.1, 0.15) is 18.1 Å². The molecule has 2 aromatic carbocycles. The van der Waals surface area contributed by atoms with Gasteiger partial charge in [-0.05, 0) is 0 Å². The average molecular weight is 382 g/mol. The first-order valence-electron chi connectivity index (χ1n) is 6.47. The van der Waals surface area contributed by atoms with Crippen LogP contribution in [0.25, 0.3) is 0 Å². The summed E-state index contributed by atoms with van der Waals surface area (Å²) >= 11 is 17.9. The molecule has 0 aromatic heterocycles. The van der Waals surface area contributed by atoms with Crippen LogP contribution in [0, 0.1) is 0 Å². The number of hydrogen-bond donors (Lipinski definition) is 3. The van der Waals surface area contributed by atoms with Crippen LogP contribution in [0.4, 0.5) is 0 Å². The van der Waals surface area contributed by atoms with Crippen molar-refractivity contribution in [2.24, 2.45) is 0 Å². The van der Waals surface area contributed by atoms with Gasteiger partial charge in [-0.3, -0.25) is 0 Å². The van der Waals surface area contributed by atoms with Gasteiger partial charge in [-0.15, -0.1) is 0 Å². The van der Waals surface area contributed by atoms with Gasteiger partial charge < -0.3 is 0 Å². The molecule has 0 unspecified atom stereocenters. The molecule has 0 bridgehead atoms. The minimum atomic E-state index is -4.36. The van der Waals surface area contributed by atoms with Gasteiger partial charge in [0.1, 0.15) is 0 Å². The third-order valence-electron chi connectivity index (χ3n) is 3.58. The van der Waals surface area contributed by atoms with E-state index < -0.39 is 10.3 Å². The number of aromatic hydroxyl groups is 2. The van der Waals surface area contributed by atoms with E-state index in [1.54, 1.807) is 24.3 Å². The van der Waals surface area contributed by atoms with Gasteiger partial charge in [-0.2, -0.15) is 0 Å². The standard InChI is InChI=1S/C15H16Cl3O3P/c1-15(10-22(16,17,18)21,11-2-6-13(19)7-3-11)12-4-8-14(20)9-5-12/h2-9,19-21H,10H2,1H3. The van der Waals surface area contributed by atoms with Crippen molar-refractivity contribution in [2.45, 2.75) is 12.3 Å². The predicted molar refractivity (Wildman–Crippen MR) is 94.2 cm³/mol. The van der Waals surface area contributed by atoms with Crippen molar-refractivity contribution >= 4 is 38.6 Å². The van der Waals surface area contributed by atoms with Crippen molar-refractivity contribution in [1.82, 2.24) is 0 Å². The SMILES string of the molecule is CC(CP(O)(Cl)(Cl)Cl)(c1ccc(O)cc1)c1ccc(O)cc1. The molecule has 0 radical (unpaired) electrons. The fourth-order valence-corrected chi connectivity index (χ4v) is 6.02. The van der Waals surface area contributed by atoms with E-state index in [0.717, 1.165) is 11.1 Å². The normalized spacial score (nSPS) is 14.3. The zero-order valence-corrected chi connectivity index (χ0v) is 14.9. The van der Waals surface area contributed by atoms with Crippen LogP contribution in [-0.2, 0) is 5.41 Å². The molecule has 0 aliphatic heterocycles. The number of rotatable bonds is 4. The van der Waals surface area contributed by atoms with Crippen LogP contribution in [0.2, 0.25) is 0 Å². The van der Waals surface area contributed by atoms with E-state index in [0.29, 0.717) is 0 Å². The Bertz CT molecular complexity index is 608. The van der Waals surface area contributed by atoms with Crippen LogP contribution in [0.5, 0.6) is 11.5 Å². The van der Waals surface area contributed by atoms with E-state index in [1.165, 1.54) is 24.3 Å². The van der Waals surface area contributed by atoms with Crippen LogP contribution >= 0.6 is 38.6 Å². The Hall–Kier alpha value is -0.700. The van der Waals surface area contributed by atoms with E-state index in [1.807, 2.05) is 6.92 Å². The third kappa shape index (κ3) is 4.41. The van der Waals surface area contributed by atoms with Crippen molar-refractivity contribution in [2.75, 3.05) is 6.16 Å². The Morgan fingerprint density at radius 1 is 0.818 bits per heavy atom. The first-order valence-corrected chi connectivity index (χ1v) is 11.6. The van der Waals surface area contributed by atoms with Gasteiger partial charge in [0.15, 0.2) is 0 Å². The Kier molecular flexibility index (Phi) is 4.60. The number of halogens is 3. The molecule has 2 rings (SSSR count). The Balaban J connectivity index is 2.58. The monoisotopic (exact) mass is 380 g/mol. The molecule has 3 N–H and O–H groups in total. The van der Waals surface area contributed by atoms with Crippen LogP contribution in [0.15, 0.2) is 48.5 Å². The molecule has 7 heteroatoms. The molecule has 0 amide bonds. The van der Waals surface area contributed by atoms with E-state index in [4.69, 9.17) is 33.7 Å². The molecule has 22 heavy (non-hydrogen) atoms. The molecule has 0 saturated carbocycles. The summed E-state index contributed by atoms with van der Waals surface area (Å²) in [4.78, 5) is 5.81. The molecule has 0 heterocycles. The van der Waals surface area contributed by atoms with Crippen molar-refractivity contribution in [3.05, 3.63) is 59.7 Å². The molecule has 0 fully saturated rings. The van der Waals surface area contributed by atoms with Gasteiger partial charge in [0.05, 0.1) is 0 Å². The summed E-state index contributed by atoms with van der Waals surface area (Å²) < 4.78 is 0. The summed E-state index contributed by atoms with van der Waals surface area (Å²) in [5.74, 6) is 0.252. The average Bonchev–Trinajstić information content (AvgIpc) is 2.37. The Morgan fingerprint density at radius 2 is 1.14 bits per heavy atom. The van der Waals surface area contributed by atoms with E-state index in [-0.39, 0.29) is 17.7 Å². The van der Waals surface area contributed by atoms with Crippen molar-refractivity contribution in [3.8, 4) is 11.5 Å². The summed E-state index contributed by atoms with van der Waals surface area (Å²) in [5, 5.41) is 18.9. The summed E-state index contributed by atoms with van der Waals surface area (Å²) in [6.45, 7) is 1.84. The zero-order chi connectivity index (χ0) is 16.6.